The number of pyridine rings is 1. The summed E-state index contributed by atoms with van der Waals surface area (Å²) in [5.41, 5.74) is 8.26. The van der Waals surface area contributed by atoms with E-state index in [0.717, 1.165) is 17.5 Å². The van der Waals surface area contributed by atoms with Crippen LogP contribution in [0.3, 0.4) is 0 Å². The number of benzene rings is 1. The molecule has 1 radical (unpaired) electrons. The first-order valence-corrected chi connectivity index (χ1v) is 6.52. The van der Waals surface area contributed by atoms with Crippen LogP contribution >= 0.6 is 0 Å². The number of hydrogen-bond donors (Lipinski definition) is 1. The van der Waals surface area contributed by atoms with Crippen molar-refractivity contribution < 1.29 is 5.11 Å². The second-order valence-electron chi connectivity index (χ2n) is 4.49. The molecule has 2 heterocycles. The number of nitrogens with zero attached hydrogens (tertiary/aromatic N) is 3. The normalized spacial score (nSPS) is 14.2. The Labute approximate surface area is 117 Å². The summed E-state index contributed by atoms with van der Waals surface area (Å²) in [6.45, 7) is 2.10. The van der Waals surface area contributed by atoms with E-state index in [1.54, 1.807) is 12.4 Å². The van der Waals surface area contributed by atoms with Gasteiger partial charge in [0.1, 0.15) is 5.71 Å². The van der Waals surface area contributed by atoms with E-state index in [9.17, 15) is 5.11 Å². The lowest BCUT2D eigenvalue weighted by atomic mass is 9.93. The summed E-state index contributed by atoms with van der Waals surface area (Å²) in [4.78, 5) is 4.00. The monoisotopic (exact) mass is 264 g/mol. The van der Waals surface area contributed by atoms with Gasteiger partial charge in [0.05, 0.1) is 5.57 Å². The SMILES string of the molecule is CCc1ccccc1C1=N[N]C(O)=C1c1ccncc1. The van der Waals surface area contributed by atoms with Crippen molar-refractivity contribution in [2.75, 3.05) is 0 Å². The van der Waals surface area contributed by atoms with E-state index in [4.69, 9.17) is 0 Å². The summed E-state index contributed by atoms with van der Waals surface area (Å²) in [7, 11) is 0. The number of hydrogen-bond acceptors (Lipinski definition) is 3. The van der Waals surface area contributed by atoms with Crippen LogP contribution in [0.4, 0.5) is 0 Å². The number of aliphatic hydroxyl groups is 1. The minimum atomic E-state index is -0.0443. The summed E-state index contributed by atoms with van der Waals surface area (Å²) in [6, 6.07) is 11.7. The van der Waals surface area contributed by atoms with Gasteiger partial charge in [0.25, 0.3) is 0 Å². The Morgan fingerprint density at radius 2 is 1.80 bits per heavy atom. The lowest BCUT2D eigenvalue weighted by Crippen LogP contribution is -2.06. The molecular weight excluding hydrogens is 250 g/mol. The maximum atomic E-state index is 10.0. The molecule has 0 fully saturated rings. The molecule has 0 aliphatic carbocycles. The highest BCUT2D eigenvalue weighted by Gasteiger charge is 2.25. The Balaban J connectivity index is 2.11. The molecule has 1 N–H and O–H groups in total. The predicted octanol–water partition coefficient (Wildman–Crippen LogP) is 2.89. The predicted molar refractivity (Wildman–Crippen MR) is 78.3 cm³/mol. The van der Waals surface area contributed by atoms with Crippen molar-refractivity contribution in [3.63, 3.8) is 0 Å². The number of aryl methyl sites for hydroxylation is 1. The molecule has 0 spiro atoms. The van der Waals surface area contributed by atoms with Crippen LogP contribution in [-0.2, 0) is 6.42 Å². The molecule has 4 nitrogen and oxygen atoms in total. The molecule has 2 aromatic rings. The molecule has 0 saturated heterocycles. The molecule has 0 amide bonds. The van der Waals surface area contributed by atoms with Gasteiger partial charge < -0.3 is 5.11 Å². The van der Waals surface area contributed by atoms with Crippen LogP contribution in [0.25, 0.3) is 5.57 Å². The number of allylic oxidation sites excluding steroid dienone is 1. The molecule has 1 aromatic carbocycles. The van der Waals surface area contributed by atoms with Crippen molar-refractivity contribution in [2.45, 2.75) is 13.3 Å². The molecular formula is C16H14N3O. The largest absolute Gasteiger partial charge is 0.492 e. The van der Waals surface area contributed by atoms with Crippen LogP contribution in [0.2, 0.25) is 0 Å². The molecule has 0 bridgehead atoms. The second-order valence-corrected chi connectivity index (χ2v) is 4.49. The second kappa shape index (κ2) is 5.17. The van der Waals surface area contributed by atoms with Gasteiger partial charge in [0.15, 0.2) is 0 Å². The van der Waals surface area contributed by atoms with E-state index in [2.05, 4.69) is 28.5 Å². The zero-order valence-corrected chi connectivity index (χ0v) is 11.1. The van der Waals surface area contributed by atoms with E-state index in [1.807, 2.05) is 30.3 Å². The van der Waals surface area contributed by atoms with Crippen LogP contribution in [0.5, 0.6) is 0 Å². The van der Waals surface area contributed by atoms with Crippen LogP contribution in [0.15, 0.2) is 59.8 Å². The minimum absolute atomic E-state index is 0.0443. The van der Waals surface area contributed by atoms with Gasteiger partial charge in [0.2, 0.25) is 5.88 Å². The van der Waals surface area contributed by atoms with Crippen molar-refractivity contribution >= 4 is 11.3 Å². The van der Waals surface area contributed by atoms with Gasteiger partial charge in [-0.3, -0.25) is 4.98 Å². The van der Waals surface area contributed by atoms with Crippen LogP contribution < -0.4 is 5.43 Å². The topological polar surface area (TPSA) is 59.6 Å². The molecule has 4 heteroatoms. The Bertz CT molecular complexity index is 690. The summed E-state index contributed by atoms with van der Waals surface area (Å²) in [5, 5.41) is 14.2. The van der Waals surface area contributed by atoms with Gasteiger partial charge in [-0.05, 0) is 29.7 Å². The molecule has 1 aliphatic rings. The van der Waals surface area contributed by atoms with Crippen molar-refractivity contribution in [3.8, 4) is 0 Å². The number of aromatic nitrogens is 1. The van der Waals surface area contributed by atoms with Gasteiger partial charge >= 0.3 is 0 Å². The molecule has 99 valence electrons. The maximum Gasteiger partial charge on any atom is 0.241 e. The fourth-order valence-electron chi connectivity index (χ4n) is 2.34. The van der Waals surface area contributed by atoms with E-state index < -0.39 is 0 Å². The van der Waals surface area contributed by atoms with Gasteiger partial charge in [-0.15, -0.1) is 10.5 Å². The van der Waals surface area contributed by atoms with Gasteiger partial charge in [0, 0.05) is 18.0 Å². The molecule has 20 heavy (non-hydrogen) atoms. The Morgan fingerprint density at radius 3 is 2.55 bits per heavy atom. The lowest BCUT2D eigenvalue weighted by Gasteiger charge is -2.10. The third-order valence-electron chi connectivity index (χ3n) is 3.33. The average Bonchev–Trinajstić information content (AvgIpc) is 2.89. The third-order valence-corrected chi connectivity index (χ3v) is 3.33. The van der Waals surface area contributed by atoms with Crippen molar-refractivity contribution in [1.82, 2.24) is 10.4 Å². The van der Waals surface area contributed by atoms with Gasteiger partial charge in [-0.2, -0.15) is 0 Å². The van der Waals surface area contributed by atoms with Crippen molar-refractivity contribution in [3.05, 3.63) is 71.4 Å². The summed E-state index contributed by atoms with van der Waals surface area (Å²) < 4.78 is 0. The first-order valence-electron chi connectivity index (χ1n) is 6.52. The van der Waals surface area contributed by atoms with Crippen LogP contribution in [0, 0.1) is 0 Å². The molecule has 0 unspecified atom stereocenters. The summed E-state index contributed by atoms with van der Waals surface area (Å²) >= 11 is 0. The molecule has 0 atom stereocenters. The fraction of sp³-hybridized carbons (Fsp3) is 0.125. The van der Waals surface area contributed by atoms with Crippen molar-refractivity contribution in [2.24, 2.45) is 5.10 Å². The smallest absolute Gasteiger partial charge is 0.241 e. The van der Waals surface area contributed by atoms with E-state index in [1.165, 1.54) is 5.56 Å². The zero-order valence-electron chi connectivity index (χ0n) is 11.1. The first-order chi connectivity index (χ1) is 9.81. The van der Waals surface area contributed by atoms with E-state index >= 15 is 0 Å². The quantitative estimate of drug-likeness (QED) is 0.926. The Hall–Kier alpha value is -2.62. The molecule has 0 saturated carbocycles. The molecule has 3 rings (SSSR count). The van der Waals surface area contributed by atoms with Gasteiger partial charge in [-0.25, -0.2) is 0 Å². The number of aliphatic hydroxyl groups excluding tert-OH is 1. The third kappa shape index (κ3) is 2.05. The first kappa shape index (κ1) is 12.4. The van der Waals surface area contributed by atoms with E-state index in [0.29, 0.717) is 11.3 Å². The standard InChI is InChI=1S/C16H14N3O/c1-2-11-5-3-4-6-13(11)15-14(16(20)19-18-15)12-7-9-17-10-8-12/h3-10,20H,2H2,1H3. The lowest BCUT2D eigenvalue weighted by molar-refractivity contribution is 0.373. The summed E-state index contributed by atoms with van der Waals surface area (Å²) in [6.07, 6.45) is 4.29. The highest BCUT2D eigenvalue weighted by atomic mass is 16.3. The van der Waals surface area contributed by atoms with E-state index in [-0.39, 0.29) is 5.88 Å². The maximum absolute atomic E-state index is 10.0. The Kier molecular flexibility index (Phi) is 3.21. The highest BCUT2D eigenvalue weighted by Crippen LogP contribution is 2.28. The molecule has 1 aliphatic heterocycles. The van der Waals surface area contributed by atoms with Crippen molar-refractivity contribution in [1.29, 1.82) is 0 Å². The minimum Gasteiger partial charge on any atom is -0.492 e. The number of rotatable bonds is 3. The highest BCUT2D eigenvalue weighted by molar-refractivity contribution is 6.33. The van der Waals surface area contributed by atoms with Crippen LogP contribution in [-0.4, -0.2) is 15.8 Å². The van der Waals surface area contributed by atoms with Gasteiger partial charge in [-0.1, -0.05) is 31.2 Å². The molecule has 1 aromatic heterocycles. The average molecular weight is 264 g/mol. The Morgan fingerprint density at radius 1 is 1.05 bits per heavy atom. The van der Waals surface area contributed by atoms with Crippen LogP contribution in [0.1, 0.15) is 23.6 Å². The fourth-order valence-corrected chi connectivity index (χ4v) is 2.34. The zero-order chi connectivity index (χ0) is 13.9. The summed E-state index contributed by atoms with van der Waals surface area (Å²) in [5.74, 6) is -0.0443.